The number of hydrogen-bond acceptors (Lipinski definition) is 5. The summed E-state index contributed by atoms with van der Waals surface area (Å²) in [6, 6.07) is 6.41. The molecule has 0 saturated heterocycles. The van der Waals surface area contributed by atoms with E-state index in [-0.39, 0.29) is 6.61 Å². The summed E-state index contributed by atoms with van der Waals surface area (Å²) >= 11 is 0. The molecule has 21 heavy (non-hydrogen) atoms. The fraction of sp³-hybridized carbons (Fsp3) is 0.625. The first-order valence-corrected chi connectivity index (χ1v) is 7.36. The van der Waals surface area contributed by atoms with E-state index >= 15 is 0 Å². The minimum absolute atomic E-state index is 0.142. The van der Waals surface area contributed by atoms with Crippen LogP contribution in [0, 0.1) is 6.92 Å². The van der Waals surface area contributed by atoms with E-state index in [4.69, 9.17) is 9.47 Å². The second-order valence-corrected chi connectivity index (χ2v) is 4.98. The van der Waals surface area contributed by atoms with Gasteiger partial charge in [0.1, 0.15) is 0 Å². The van der Waals surface area contributed by atoms with Crippen LogP contribution >= 0.6 is 0 Å². The summed E-state index contributed by atoms with van der Waals surface area (Å²) < 4.78 is 10.1. The van der Waals surface area contributed by atoms with Gasteiger partial charge >= 0.3 is 0 Å². The molecule has 0 fully saturated rings. The molecule has 0 unspecified atom stereocenters. The first kappa shape index (κ1) is 17.9. The predicted octanol–water partition coefficient (Wildman–Crippen LogP) is 1.18. The number of nitrogens with zero attached hydrogens (tertiary/aromatic N) is 1. The summed E-state index contributed by atoms with van der Waals surface area (Å²) in [4.78, 5) is 2.14. The van der Waals surface area contributed by atoms with Crippen LogP contribution < -0.4 is 10.2 Å². The lowest BCUT2D eigenvalue weighted by Crippen LogP contribution is -2.30. The number of anilines is 1. The van der Waals surface area contributed by atoms with Crippen molar-refractivity contribution in [2.75, 3.05) is 58.6 Å². The maximum atomic E-state index is 9.18. The summed E-state index contributed by atoms with van der Waals surface area (Å²) in [5.74, 6) is 0. The molecule has 0 aliphatic carbocycles. The normalized spacial score (nSPS) is 10.9. The highest BCUT2D eigenvalue weighted by Gasteiger charge is 2.07. The molecule has 0 spiro atoms. The molecule has 5 nitrogen and oxygen atoms in total. The molecule has 2 N–H and O–H groups in total. The Hall–Kier alpha value is -1.14. The van der Waals surface area contributed by atoms with Gasteiger partial charge in [-0.2, -0.15) is 0 Å². The molecule has 0 aliphatic heterocycles. The summed E-state index contributed by atoms with van der Waals surface area (Å²) in [5.41, 5.74) is 3.66. The van der Waals surface area contributed by atoms with Gasteiger partial charge in [-0.3, -0.25) is 0 Å². The number of nitrogens with one attached hydrogen (secondary N) is 1. The first-order valence-electron chi connectivity index (χ1n) is 7.36. The highest BCUT2D eigenvalue weighted by atomic mass is 16.5. The van der Waals surface area contributed by atoms with Crippen molar-refractivity contribution < 1.29 is 14.6 Å². The molecule has 0 aliphatic rings. The van der Waals surface area contributed by atoms with Crippen molar-refractivity contribution in [1.29, 1.82) is 0 Å². The number of benzene rings is 1. The molecular formula is C16H28N2O3. The Kier molecular flexibility index (Phi) is 9.01. The molecule has 1 aromatic carbocycles. The quantitative estimate of drug-likeness (QED) is 0.601. The van der Waals surface area contributed by atoms with Crippen LogP contribution in [0.1, 0.15) is 11.1 Å². The highest BCUT2D eigenvalue weighted by Crippen LogP contribution is 2.19. The number of aliphatic hydroxyl groups excluding tert-OH is 1. The lowest BCUT2D eigenvalue weighted by Gasteiger charge is -2.24. The third-order valence-electron chi connectivity index (χ3n) is 3.42. The number of aryl methyl sites for hydroxylation is 1. The van der Waals surface area contributed by atoms with Crippen LogP contribution in [0.4, 0.5) is 5.69 Å². The Bertz CT molecular complexity index is 399. The van der Waals surface area contributed by atoms with Gasteiger partial charge in [0.25, 0.3) is 0 Å². The van der Waals surface area contributed by atoms with Crippen molar-refractivity contribution in [3.63, 3.8) is 0 Å². The maximum Gasteiger partial charge on any atom is 0.0637 e. The molecule has 0 saturated carbocycles. The van der Waals surface area contributed by atoms with Gasteiger partial charge in [-0.05, 0) is 30.2 Å². The van der Waals surface area contributed by atoms with E-state index in [0.29, 0.717) is 13.2 Å². The van der Waals surface area contributed by atoms with Crippen LogP contribution in [-0.2, 0) is 16.0 Å². The average Bonchev–Trinajstić information content (AvgIpc) is 2.49. The van der Waals surface area contributed by atoms with Gasteiger partial charge in [0, 0.05) is 46.1 Å². The molecule has 0 aromatic heterocycles. The van der Waals surface area contributed by atoms with Crippen LogP contribution in [0.3, 0.4) is 0 Å². The zero-order valence-corrected chi connectivity index (χ0v) is 13.4. The lowest BCUT2D eigenvalue weighted by atomic mass is 10.1. The van der Waals surface area contributed by atoms with Crippen molar-refractivity contribution >= 4 is 5.69 Å². The van der Waals surface area contributed by atoms with E-state index in [2.05, 4.69) is 35.3 Å². The SMILES string of the molecule is COCCNCc1ccc(N(CCO)CCOC)cc1C. The predicted molar refractivity (Wildman–Crippen MR) is 85.9 cm³/mol. The largest absolute Gasteiger partial charge is 0.395 e. The fourth-order valence-corrected chi connectivity index (χ4v) is 2.16. The summed E-state index contributed by atoms with van der Waals surface area (Å²) in [6.07, 6.45) is 0. The maximum absolute atomic E-state index is 9.18. The number of methoxy groups -OCH3 is 2. The molecule has 1 rings (SSSR count). The Morgan fingerprint density at radius 2 is 1.90 bits per heavy atom. The molecule has 120 valence electrons. The fourth-order valence-electron chi connectivity index (χ4n) is 2.16. The smallest absolute Gasteiger partial charge is 0.0637 e. The van der Waals surface area contributed by atoms with Gasteiger partial charge in [-0.25, -0.2) is 0 Å². The molecule has 1 aromatic rings. The molecule has 0 atom stereocenters. The van der Waals surface area contributed by atoms with Gasteiger partial charge in [0.05, 0.1) is 19.8 Å². The number of aliphatic hydroxyl groups is 1. The van der Waals surface area contributed by atoms with Gasteiger partial charge in [-0.15, -0.1) is 0 Å². The molecule has 0 amide bonds. The van der Waals surface area contributed by atoms with Crippen molar-refractivity contribution in [1.82, 2.24) is 5.32 Å². The Morgan fingerprint density at radius 1 is 1.14 bits per heavy atom. The minimum atomic E-state index is 0.142. The third kappa shape index (κ3) is 6.44. The van der Waals surface area contributed by atoms with Crippen LogP contribution in [0.2, 0.25) is 0 Å². The summed E-state index contributed by atoms with van der Waals surface area (Å²) in [6.45, 7) is 6.72. The Balaban J connectivity index is 2.65. The summed E-state index contributed by atoms with van der Waals surface area (Å²) in [7, 11) is 3.40. The average molecular weight is 296 g/mol. The van der Waals surface area contributed by atoms with Crippen LogP contribution in [0.25, 0.3) is 0 Å². The monoisotopic (exact) mass is 296 g/mol. The Morgan fingerprint density at radius 3 is 2.52 bits per heavy atom. The van der Waals surface area contributed by atoms with E-state index in [1.54, 1.807) is 14.2 Å². The standard InChI is InChI=1S/C16H28N2O3/c1-14-12-16(18(7-9-19)8-11-21-3)5-4-15(14)13-17-6-10-20-2/h4-5,12,17,19H,6-11,13H2,1-3H3. The van der Waals surface area contributed by atoms with Crippen molar-refractivity contribution in [2.24, 2.45) is 0 Å². The molecular weight excluding hydrogens is 268 g/mol. The molecule has 0 heterocycles. The number of ether oxygens (including phenoxy) is 2. The number of hydrogen-bond donors (Lipinski definition) is 2. The van der Waals surface area contributed by atoms with Crippen LogP contribution in [-0.4, -0.2) is 58.8 Å². The zero-order valence-electron chi connectivity index (χ0n) is 13.4. The minimum Gasteiger partial charge on any atom is -0.395 e. The van der Waals surface area contributed by atoms with Gasteiger partial charge in [-0.1, -0.05) is 6.07 Å². The second-order valence-electron chi connectivity index (χ2n) is 4.98. The van der Waals surface area contributed by atoms with Crippen molar-refractivity contribution in [3.05, 3.63) is 29.3 Å². The van der Waals surface area contributed by atoms with E-state index in [0.717, 1.165) is 31.9 Å². The third-order valence-corrected chi connectivity index (χ3v) is 3.42. The Labute approximate surface area is 127 Å². The van der Waals surface area contributed by atoms with E-state index in [9.17, 15) is 5.11 Å². The highest BCUT2D eigenvalue weighted by molar-refractivity contribution is 5.50. The van der Waals surface area contributed by atoms with Crippen molar-refractivity contribution in [2.45, 2.75) is 13.5 Å². The molecule has 5 heteroatoms. The van der Waals surface area contributed by atoms with Crippen molar-refractivity contribution in [3.8, 4) is 0 Å². The zero-order chi connectivity index (χ0) is 15.5. The van der Waals surface area contributed by atoms with Gasteiger partial charge in [0.2, 0.25) is 0 Å². The molecule has 0 bridgehead atoms. The second kappa shape index (κ2) is 10.6. The topological polar surface area (TPSA) is 54.0 Å². The van der Waals surface area contributed by atoms with Gasteiger partial charge in [0.15, 0.2) is 0 Å². The van der Waals surface area contributed by atoms with Gasteiger partial charge < -0.3 is 24.8 Å². The molecule has 0 radical (unpaired) electrons. The van der Waals surface area contributed by atoms with Crippen LogP contribution in [0.5, 0.6) is 0 Å². The first-order chi connectivity index (χ1) is 10.2. The van der Waals surface area contributed by atoms with Crippen LogP contribution in [0.15, 0.2) is 18.2 Å². The van der Waals surface area contributed by atoms with E-state index in [1.165, 1.54) is 11.1 Å². The van der Waals surface area contributed by atoms with E-state index < -0.39 is 0 Å². The number of rotatable bonds is 11. The summed E-state index contributed by atoms with van der Waals surface area (Å²) in [5, 5.41) is 12.5. The lowest BCUT2D eigenvalue weighted by molar-refractivity contribution is 0.199. The van der Waals surface area contributed by atoms with E-state index in [1.807, 2.05) is 0 Å².